The topological polar surface area (TPSA) is 25.4 Å². The van der Waals surface area contributed by atoms with Gasteiger partial charge in [-0.3, -0.25) is 4.98 Å². The van der Waals surface area contributed by atoms with Crippen molar-refractivity contribution < 1.29 is 17.9 Å². The maximum absolute atomic E-state index is 13.1. The number of alkyl halides is 3. The second kappa shape index (κ2) is 6.59. The van der Waals surface area contributed by atoms with Crippen molar-refractivity contribution in [3.63, 3.8) is 0 Å². The maximum atomic E-state index is 13.1. The van der Waals surface area contributed by atoms with E-state index < -0.39 is 11.7 Å². The molecule has 1 aliphatic heterocycles. The average Bonchev–Trinajstić information content (AvgIpc) is 2.54. The molecular weight excluding hydrogens is 317 g/mol. The molecule has 0 unspecified atom stereocenters. The van der Waals surface area contributed by atoms with Gasteiger partial charge in [0.15, 0.2) is 0 Å². The van der Waals surface area contributed by atoms with Crippen LogP contribution < -0.4 is 4.74 Å². The zero-order chi connectivity index (χ0) is 17.3. The minimum absolute atomic E-state index is 0.0279. The number of nitrogens with zero attached hydrogens (tertiary/aromatic N) is 2. The van der Waals surface area contributed by atoms with Gasteiger partial charge in [0.1, 0.15) is 11.9 Å². The highest BCUT2D eigenvalue weighted by Crippen LogP contribution is 2.36. The molecule has 1 aromatic heterocycles. The highest BCUT2D eigenvalue weighted by molar-refractivity contribution is 5.87. The monoisotopic (exact) mass is 338 g/mol. The summed E-state index contributed by atoms with van der Waals surface area (Å²) in [4.78, 5) is 6.31. The molecule has 2 aromatic rings. The van der Waals surface area contributed by atoms with Gasteiger partial charge >= 0.3 is 6.18 Å². The number of benzene rings is 1. The molecule has 130 valence electrons. The quantitative estimate of drug-likeness (QED) is 0.824. The summed E-state index contributed by atoms with van der Waals surface area (Å²) in [7, 11) is 0. The zero-order valence-corrected chi connectivity index (χ0v) is 13.8. The van der Waals surface area contributed by atoms with Gasteiger partial charge < -0.3 is 9.64 Å². The minimum atomic E-state index is -4.42. The summed E-state index contributed by atoms with van der Waals surface area (Å²) >= 11 is 0. The Balaban J connectivity index is 1.84. The van der Waals surface area contributed by atoms with Crippen LogP contribution >= 0.6 is 0 Å². The number of fused-ring (bicyclic) bond motifs is 1. The van der Waals surface area contributed by atoms with E-state index in [1.54, 1.807) is 12.1 Å². The number of hydrogen-bond donors (Lipinski definition) is 0. The summed E-state index contributed by atoms with van der Waals surface area (Å²) in [6.07, 6.45) is -1.26. The van der Waals surface area contributed by atoms with Crippen LogP contribution in [-0.2, 0) is 6.18 Å². The van der Waals surface area contributed by atoms with Gasteiger partial charge in [-0.2, -0.15) is 13.2 Å². The van der Waals surface area contributed by atoms with E-state index in [1.807, 2.05) is 0 Å². The maximum Gasteiger partial charge on any atom is 0.418 e. The summed E-state index contributed by atoms with van der Waals surface area (Å²) in [5.74, 6) is 0.481. The van der Waals surface area contributed by atoms with Crippen molar-refractivity contribution in [1.29, 1.82) is 0 Å². The predicted octanol–water partition coefficient (Wildman–Crippen LogP) is 4.51. The lowest BCUT2D eigenvalue weighted by Crippen LogP contribution is -2.41. The van der Waals surface area contributed by atoms with E-state index in [2.05, 4.69) is 23.7 Å². The second-order valence-corrected chi connectivity index (χ2v) is 6.46. The van der Waals surface area contributed by atoms with E-state index in [9.17, 15) is 13.2 Å². The molecule has 1 saturated heterocycles. The Kier molecular flexibility index (Phi) is 4.67. The molecule has 1 fully saturated rings. The number of rotatable bonds is 3. The van der Waals surface area contributed by atoms with E-state index >= 15 is 0 Å². The van der Waals surface area contributed by atoms with Crippen molar-refractivity contribution in [2.24, 2.45) is 0 Å². The summed E-state index contributed by atoms with van der Waals surface area (Å²) in [5, 5.41) is 0.415. The van der Waals surface area contributed by atoms with Crippen molar-refractivity contribution in [3.8, 4) is 5.75 Å². The Morgan fingerprint density at radius 2 is 1.88 bits per heavy atom. The van der Waals surface area contributed by atoms with Gasteiger partial charge in [0.25, 0.3) is 0 Å². The highest BCUT2D eigenvalue weighted by Gasteiger charge is 2.33. The van der Waals surface area contributed by atoms with Gasteiger partial charge in [0.2, 0.25) is 0 Å². The summed E-state index contributed by atoms with van der Waals surface area (Å²) in [6, 6.07) is 6.25. The molecule has 0 spiro atoms. The van der Waals surface area contributed by atoms with Crippen LogP contribution in [0.25, 0.3) is 10.9 Å². The third-order valence-corrected chi connectivity index (χ3v) is 4.54. The Labute approximate surface area is 139 Å². The Morgan fingerprint density at radius 3 is 2.50 bits per heavy atom. The van der Waals surface area contributed by atoms with Crippen LogP contribution in [0.15, 0.2) is 30.5 Å². The summed E-state index contributed by atoms with van der Waals surface area (Å²) in [5.41, 5.74) is -0.776. The van der Waals surface area contributed by atoms with Gasteiger partial charge in [-0.25, -0.2) is 0 Å². The molecule has 0 aliphatic carbocycles. The van der Waals surface area contributed by atoms with Gasteiger partial charge in [-0.05, 0) is 44.9 Å². The molecular formula is C18H21F3N2O. The molecule has 1 aromatic carbocycles. The van der Waals surface area contributed by atoms with Crippen LogP contribution in [0.5, 0.6) is 5.75 Å². The largest absolute Gasteiger partial charge is 0.490 e. The third kappa shape index (κ3) is 3.48. The molecule has 1 aliphatic rings. The number of pyridine rings is 1. The van der Waals surface area contributed by atoms with Crippen molar-refractivity contribution in [2.45, 2.75) is 45.0 Å². The number of hydrogen-bond acceptors (Lipinski definition) is 3. The Hall–Kier alpha value is -1.82. The van der Waals surface area contributed by atoms with Gasteiger partial charge in [0.05, 0.1) is 11.1 Å². The molecule has 0 bridgehead atoms. The van der Waals surface area contributed by atoms with Crippen LogP contribution in [0.3, 0.4) is 0 Å². The summed E-state index contributed by atoms with van der Waals surface area (Å²) < 4.78 is 45.5. The molecule has 0 N–H and O–H groups in total. The molecule has 6 heteroatoms. The van der Waals surface area contributed by atoms with Crippen LogP contribution in [0.4, 0.5) is 13.2 Å². The number of halogens is 3. The van der Waals surface area contributed by atoms with Crippen LogP contribution in [0.2, 0.25) is 0 Å². The Morgan fingerprint density at radius 1 is 1.17 bits per heavy atom. The summed E-state index contributed by atoms with van der Waals surface area (Å²) in [6.45, 7) is 6.21. The number of piperidine rings is 1. The van der Waals surface area contributed by atoms with E-state index in [4.69, 9.17) is 4.74 Å². The Bertz CT molecular complexity index is 707. The van der Waals surface area contributed by atoms with Crippen molar-refractivity contribution >= 4 is 10.9 Å². The van der Waals surface area contributed by atoms with Gasteiger partial charge in [-0.1, -0.05) is 6.07 Å². The van der Waals surface area contributed by atoms with Crippen LogP contribution in [-0.4, -0.2) is 35.1 Å². The van der Waals surface area contributed by atoms with E-state index in [0.717, 1.165) is 32.0 Å². The first-order valence-corrected chi connectivity index (χ1v) is 8.22. The highest BCUT2D eigenvalue weighted by atomic mass is 19.4. The minimum Gasteiger partial charge on any atom is -0.490 e. The molecule has 0 saturated carbocycles. The number of para-hydroxylation sites is 1. The zero-order valence-electron chi connectivity index (χ0n) is 13.8. The van der Waals surface area contributed by atoms with Crippen LogP contribution in [0.1, 0.15) is 32.3 Å². The first kappa shape index (κ1) is 17.0. The average molecular weight is 338 g/mol. The van der Waals surface area contributed by atoms with Gasteiger partial charge in [-0.15, -0.1) is 0 Å². The number of aromatic nitrogens is 1. The van der Waals surface area contributed by atoms with E-state index in [0.29, 0.717) is 17.2 Å². The SMILES string of the molecule is CC(C)N1CCC(Oc2ccnc3c(C(F)(F)F)cccc23)CC1. The van der Waals surface area contributed by atoms with Gasteiger partial charge in [0, 0.05) is 30.7 Å². The van der Waals surface area contributed by atoms with Crippen molar-refractivity contribution in [3.05, 3.63) is 36.0 Å². The fraction of sp³-hybridized carbons (Fsp3) is 0.500. The smallest absolute Gasteiger partial charge is 0.418 e. The first-order valence-electron chi connectivity index (χ1n) is 8.22. The molecule has 2 heterocycles. The number of ether oxygens (including phenoxy) is 1. The molecule has 24 heavy (non-hydrogen) atoms. The molecule has 3 rings (SSSR count). The lowest BCUT2D eigenvalue weighted by Gasteiger charge is -2.34. The number of likely N-dealkylation sites (tertiary alicyclic amines) is 1. The van der Waals surface area contributed by atoms with E-state index in [-0.39, 0.29) is 11.6 Å². The lowest BCUT2D eigenvalue weighted by atomic mass is 10.1. The second-order valence-electron chi connectivity index (χ2n) is 6.46. The van der Waals surface area contributed by atoms with Crippen molar-refractivity contribution in [2.75, 3.05) is 13.1 Å². The normalized spacial score (nSPS) is 17.6. The van der Waals surface area contributed by atoms with Crippen LogP contribution in [0, 0.1) is 0 Å². The molecule has 0 atom stereocenters. The fourth-order valence-electron chi connectivity index (χ4n) is 3.17. The lowest BCUT2D eigenvalue weighted by molar-refractivity contribution is -0.136. The molecule has 3 nitrogen and oxygen atoms in total. The molecule has 0 radical (unpaired) electrons. The van der Waals surface area contributed by atoms with Crippen molar-refractivity contribution in [1.82, 2.24) is 9.88 Å². The fourth-order valence-corrected chi connectivity index (χ4v) is 3.17. The first-order chi connectivity index (χ1) is 11.4. The van der Waals surface area contributed by atoms with E-state index in [1.165, 1.54) is 12.3 Å². The molecule has 0 amide bonds. The third-order valence-electron chi connectivity index (χ3n) is 4.54. The standard InChI is InChI=1S/C18H21F3N2O/c1-12(2)23-10-7-13(8-11-23)24-16-6-9-22-17-14(16)4-3-5-15(17)18(19,20)21/h3-6,9,12-13H,7-8,10-11H2,1-2H3. The predicted molar refractivity (Wildman–Crippen MR) is 87.1 cm³/mol.